The normalized spacial score (nSPS) is 14.4. The Bertz CT molecular complexity index is 756. The van der Waals surface area contributed by atoms with E-state index in [4.69, 9.17) is 0 Å². The molecule has 1 amide bonds. The summed E-state index contributed by atoms with van der Waals surface area (Å²) < 4.78 is 1.30. The molecule has 0 saturated carbocycles. The van der Waals surface area contributed by atoms with Crippen molar-refractivity contribution in [2.24, 2.45) is 0 Å². The van der Waals surface area contributed by atoms with Gasteiger partial charge in [-0.1, -0.05) is 18.2 Å². The first-order valence-corrected chi connectivity index (χ1v) is 7.78. The number of hydrogen-bond donors (Lipinski definition) is 1. The number of para-hydroxylation sites is 1. The molecule has 2 aromatic rings. The van der Waals surface area contributed by atoms with Gasteiger partial charge in [0.05, 0.1) is 0 Å². The van der Waals surface area contributed by atoms with Crippen molar-refractivity contribution in [3.05, 3.63) is 58.8 Å². The second-order valence-electron chi connectivity index (χ2n) is 5.76. The molecule has 23 heavy (non-hydrogen) atoms. The van der Waals surface area contributed by atoms with Crippen LogP contribution in [-0.4, -0.2) is 34.6 Å². The summed E-state index contributed by atoms with van der Waals surface area (Å²) in [5, 5.41) is 2.90. The zero-order valence-electron chi connectivity index (χ0n) is 13.1. The minimum atomic E-state index is -0.413. The molecule has 6 heteroatoms. The number of carbonyl (C=O) groups excluding carboxylic acids is 1. The van der Waals surface area contributed by atoms with Crippen LogP contribution in [0.25, 0.3) is 0 Å². The zero-order valence-corrected chi connectivity index (χ0v) is 13.1. The predicted octanol–water partition coefficient (Wildman–Crippen LogP) is 0.811. The molecule has 2 heterocycles. The Morgan fingerprint density at radius 2 is 2.17 bits per heavy atom. The van der Waals surface area contributed by atoms with Crippen LogP contribution in [0.2, 0.25) is 0 Å². The summed E-state index contributed by atoms with van der Waals surface area (Å²) >= 11 is 0. The number of nitrogens with one attached hydrogen (secondary N) is 1. The van der Waals surface area contributed by atoms with E-state index in [2.05, 4.69) is 40.3 Å². The Labute approximate surface area is 134 Å². The third-order valence-corrected chi connectivity index (χ3v) is 4.15. The molecule has 0 unspecified atom stereocenters. The lowest BCUT2D eigenvalue weighted by Gasteiger charge is -2.27. The SMILES string of the molecule is C[C@@H](CNC(=O)Cn1cccnc1=O)N1CCc2ccccc21. The van der Waals surface area contributed by atoms with Crippen molar-refractivity contribution in [1.29, 1.82) is 0 Å². The van der Waals surface area contributed by atoms with Crippen LogP contribution in [0, 0.1) is 0 Å². The van der Waals surface area contributed by atoms with Crippen LogP contribution in [0.3, 0.4) is 0 Å². The molecule has 6 nitrogen and oxygen atoms in total. The van der Waals surface area contributed by atoms with Gasteiger partial charge in [-0.3, -0.25) is 9.36 Å². The van der Waals surface area contributed by atoms with Crippen LogP contribution in [0.5, 0.6) is 0 Å². The van der Waals surface area contributed by atoms with Gasteiger partial charge in [0.1, 0.15) is 6.54 Å². The molecule has 1 aromatic heterocycles. The first-order chi connectivity index (χ1) is 11.1. The van der Waals surface area contributed by atoms with Gasteiger partial charge < -0.3 is 10.2 Å². The number of nitrogens with zero attached hydrogens (tertiary/aromatic N) is 3. The molecule has 1 aliphatic rings. The largest absolute Gasteiger partial charge is 0.366 e. The molecule has 0 spiro atoms. The molecule has 0 radical (unpaired) electrons. The molecule has 120 valence electrons. The molecule has 1 atom stereocenters. The molecule has 3 rings (SSSR count). The number of fused-ring (bicyclic) bond motifs is 1. The molecule has 1 aromatic carbocycles. The van der Waals surface area contributed by atoms with Gasteiger partial charge in [-0.15, -0.1) is 0 Å². The number of rotatable bonds is 5. The van der Waals surface area contributed by atoms with Crippen LogP contribution < -0.4 is 15.9 Å². The molecule has 1 aliphatic heterocycles. The topological polar surface area (TPSA) is 67.2 Å². The fourth-order valence-electron chi connectivity index (χ4n) is 2.91. The van der Waals surface area contributed by atoms with E-state index in [1.54, 1.807) is 12.3 Å². The van der Waals surface area contributed by atoms with Crippen molar-refractivity contribution in [3.63, 3.8) is 0 Å². The van der Waals surface area contributed by atoms with Gasteiger partial charge in [-0.05, 0) is 31.0 Å². The van der Waals surface area contributed by atoms with E-state index < -0.39 is 5.69 Å². The summed E-state index contributed by atoms with van der Waals surface area (Å²) in [6.07, 6.45) is 4.03. The van der Waals surface area contributed by atoms with Crippen molar-refractivity contribution >= 4 is 11.6 Å². The highest BCUT2D eigenvalue weighted by molar-refractivity contribution is 5.75. The summed E-state index contributed by atoms with van der Waals surface area (Å²) in [4.78, 5) is 29.5. The summed E-state index contributed by atoms with van der Waals surface area (Å²) in [6, 6.07) is 10.2. The third kappa shape index (κ3) is 3.41. The fraction of sp³-hybridized carbons (Fsp3) is 0.353. The Morgan fingerprint density at radius 1 is 1.35 bits per heavy atom. The maximum absolute atomic E-state index is 12.0. The molecular formula is C17H20N4O2. The highest BCUT2D eigenvalue weighted by atomic mass is 16.2. The van der Waals surface area contributed by atoms with Gasteiger partial charge in [0.2, 0.25) is 5.91 Å². The molecule has 0 fully saturated rings. The quantitative estimate of drug-likeness (QED) is 0.887. The molecular weight excluding hydrogens is 292 g/mol. The predicted molar refractivity (Wildman–Crippen MR) is 88.5 cm³/mol. The average molecular weight is 312 g/mol. The van der Waals surface area contributed by atoms with E-state index in [1.807, 2.05) is 6.07 Å². The monoisotopic (exact) mass is 312 g/mol. The lowest BCUT2D eigenvalue weighted by molar-refractivity contribution is -0.121. The fourth-order valence-corrected chi connectivity index (χ4v) is 2.91. The van der Waals surface area contributed by atoms with Crippen LogP contribution >= 0.6 is 0 Å². The van der Waals surface area contributed by atoms with Crippen LogP contribution in [0.4, 0.5) is 5.69 Å². The number of amides is 1. The standard InChI is InChI=1S/C17H20N4O2/c1-13(21-10-7-14-5-2-3-6-15(14)21)11-19-16(22)12-20-9-4-8-18-17(20)23/h2-6,8-9,13H,7,10-12H2,1H3,(H,19,22)/t13-/m0/s1. The molecule has 0 aliphatic carbocycles. The number of carbonyl (C=O) groups is 1. The van der Waals surface area contributed by atoms with Gasteiger partial charge >= 0.3 is 5.69 Å². The lowest BCUT2D eigenvalue weighted by Crippen LogP contribution is -2.43. The van der Waals surface area contributed by atoms with E-state index in [9.17, 15) is 9.59 Å². The van der Waals surface area contributed by atoms with Gasteiger partial charge in [0.15, 0.2) is 0 Å². The maximum Gasteiger partial charge on any atom is 0.347 e. The van der Waals surface area contributed by atoms with E-state index in [1.165, 1.54) is 22.0 Å². The number of benzene rings is 1. The van der Waals surface area contributed by atoms with E-state index in [0.29, 0.717) is 6.54 Å². The molecule has 0 bridgehead atoms. The Balaban J connectivity index is 1.55. The van der Waals surface area contributed by atoms with Crippen molar-refractivity contribution in [2.75, 3.05) is 18.0 Å². The van der Waals surface area contributed by atoms with Crippen molar-refractivity contribution in [2.45, 2.75) is 25.9 Å². The smallest absolute Gasteiger partial charge is 0.347 e. The second kappa shape index (κ2) is 6.64. The Hall–Kier alpha value is -2.63. The highest BCUT2D eigenvalue weighted by Gasteiger charge is 2.23. The number of hydrogen-bond acceptors (Lipinski definition) is 4. The maximum atomic E-state index is 12.0. The number of aromatic nitrogens is 2. The highest BCUT2D eigenvalue weighted by Crippen LogP contribution is 2.28. The summed E-state index contributed by atoms with van der Waals surface area (Å²) in [5.74, 6) is -0.181. The summed E-state index contributed by atoms with van der Waals surface area (Å²) in [7, 11) is 0. The summed E-state index contributed by atoms with van der Waals surface area (Å²) in [5.41, 5.74) is 2.19. The zero-order chi connectivity index (χ0) is 16.2. The first-order valence-electron chi connectivity index (χ1n) is 7.78. The first kappa shape index (κ1) is 15.3. The van der Waals surface area contributed by atoms with Crippen molar-refractivity contribution in [1.82, 2.24) is 14.9 Å². The summed E-state index contributed by atoms with van der Waals surface area (Å²) in [6.45, 7) is 3.61. The lowest BCUT2D eigenvalue weighted by atomic mass is 10.2. The van der Waals surface area contributed by atoms with Crippen molar-refractivity contribution < 1.29 is 4.79 Å². The minimum Gasteiger partial charge on any atom is -0.366 e. The van der Waals surface area contributed by atoms with Gasteiger partial charge in [0, 0.05) is 37.2 Å². The Kier molecular flexibility index (Phi) is 4.41. The van der Waals surface area contributed by atoms with Crippen LogP contribution in [0.15, 0.2) is 47.5 Å². The van der Waals surface area contributed by atoms with E-state index in [-0.39, 0.29) is 18.5 Å². The molecule has 1 N–H and O–H groups in total. The third-order valence-electron chi connectivity index (χ3n) is 4.15. The Morgan fingerprint density at radius 3 is 3.00 bits per heavy atom. The van der Waals surface area contributed by atoms with Gasteiger partial charge in [0.25, 0.3) is 0 Å². The van der Waals surface area contributed by atoms with Crippen LogP contribution in [0.1, 0.15) is 12.5 Å². The van der Waals surface area contributed by atoms with Crippen molar-refractivity contribution in [3.8, 4) is 0 Å². The average Bonchev–Trinajstić information content (AvgIpc) is 2.99. The van der Waals surface area contributed by atoms with Gasteiger partial charge in [-0.2, -0.15) is 0 Å². The van der Waals surface area contributed by atoms with E-state index in [0.717, 1.165) is 13.0 Å². The molecule has 0 saturated heterocycles. The van der Waals surface area contributed by atoms with Crippen LogP contribution in [-0.2, 0) is 17.8 Å². The van der Waals surface area contributed by atoms with Gasteiger partial charge in [-0.25, -0.2) is 9.78 Å². The number of anilines is 1. The second-order valence-corrected chi connectivity index (χ2v) is 5.76. The van der Waals surface area contributed by atoms with E-state index >= 15 is 0 Å². The minimum absolute atomic E-state index is 0.00399.